The quantitative estimate of drug-likeness (QED) is 0.768. The van der Waals surface area contributed by atoms with E-state index in [9.17, 15) is 5.11 Å². The number of phenolic OH excluding ortho intramolecular Hbond substituents is 1. The molecule has 0 fully saturated rings. The molecule has 0 saturated heterocycles. The van der Waals surface area contributed by atoms with E-state index in [0.29, 0.717) is 10.0 Å². The van der Waals surface area contributed by atoms with Gasteiger partial charge in [-0.3, -0.25) is 0 Å². The Labute approximate surface area is 110 Å². The van der Waals surface area contributed by atoms with Crippen LogP contribution in [0.4, 0.5) is 0 Å². The number of hydrogen-bond acceptors (Lipinski definition) is 1. The van der Waals surface area contributed by atoms with E-state index in [1.54, 1.807) is 24.3 Å². The molecule has 0 aliphatic heterocycles. The molecule has 0 heterocycles. The fourth-order valence-electron chi connectivity index (χ4n) is 1.43. The predicted octanol–water partition coefficient (Wildman–Crippen LogP) is 4.87. The summed E-state index contributed by atoms with van der Waals surface area (Å²) >= 11 is 11.7. The van der Waals surface area contributed by atoms with Crippen molar-refractivity contribution in [2.75, 3.05) is 0 Å². The van der Waals surface area contributed by atoms with Crippen LogP contribution >= 0.6 is 23.2 Å². The minimum absolute atomic E-state index is 0.254. The monoisotopic (exact) mass is 264 g/mol. The van der Waals surface area contributed by atoms with Crippen molar-refractivity contribution in [2.45, 2.75) is 0 Å². The van der Waals surface area contributed by atoms with E-state index in [2.05, 4.69) is 0 Å². The predicted molar refractivity (Wildman–Crippen MR) is 73.5 cm³/mol. The molecular formula is C14H10Cl2O. The molecule has 2 rings (SSSR count). The third-order valence-electron chi connectivity index (χ3n) is 2.34. The van der Waals surface area contributed by atoms with Crippen molar-refractivity contribution in [2.24, 2.45) is 0 Å². The van der Waals surface area contributed by atoms with Crippen molar-refractivity contribution >= 4 is 35.4 Å². The van der Waals surface area contributed by atoms with Gasteiger partial charge < -0.3 is 5.11 Å². The summed E-state index contributed by atoms with van der Waals surface area (Å²) in [5.74, 6) is 0.254. The van der Waals surface area contributed by atoms with Crippen LogP contribution in [0.15, 0.2) is 42.5 Å². The average Bonchev–Trinajstić information content (AvgIpc) is 2.32. The number of rotatable bonds is 2. The van der Waals surface area contributed by atoms with E-state index in [0.717, 1.165) is 11.1 Å². The largest absolute Gasteiger partial charge is 0.507 e. The maximum Gasteiger partial charge on any atom is 0.122 e. The Morgan fingerprint density at radius 2 is 1.65 bits per heavy atom. The van der Waals surface area contributed by atoms with Gasteiger partial charge >= 0.3 is 0 Å². The lowest BCUT2D eigenvalue weighted by Gasteiger charge is -1.99. The molecule has 0 radical (unpaired) electrons. The number of benzene rings is 2. The van der Waals surface area contributed by atoms with Gasteiger partial charge in [-0.2, -0.15) is 0 Å². The van der Waals surface area contributed by atoms with Gasteiger partial charge in [0.25, 0.3) is 0 Å². The van der Waals surface area contributed by atoms with Crippen LogP contribution in [0.3, 0.4) is 0 Å². The molecule has 2 aromatic rings. The lowest BCUT2D eigenvalue weighted by atomic mass is 10.1. The van der Waals surface area contributed by atoms with Gasteiger partial charge in [-0.15, -0.1) is 0 Å². The van der Waals surface area contributed by atoms with Crippen molar-refractivity contribution in [3.05, 3.63) is 63.6 Å². The number of hydrogen-bond donors (Lipinski definition) is 1. The Kier molecular flexibility index (Phi) is 3.72. The summed E-state index contributed by atoms with van der Waals surface area (Å²) in [6.07, 6.45) is 3.70. The summed E-state index contributed by atoms with van der Waals surface area (Å²) in [7, 11) is 0. The molecule has 1 nitrogen and oxygen atoms in total. The lowest BCUT2D eigenvalue weighted by molar-refractivity contribution is 0.474. The first-order valence-corrected chi connectivity index (χ1v) is 5.83. The molecule has 1 N–H and O–H groups in total. The van der Waals surface area contributed by atoms with Gasteiger partial charge in [-0.25, -0.2) is 0 Å². The van der Waals surface area contributed by atoms with Crippen LogP contribution in [-0.2, 0) is 0 Å². The Hall–Kier alpha value is -1.44. The van der Waals surface area contributed by atoms with Crippen LogP contribution in [-0.4, -0.2) is 5.11 Å². The zero-order chi connectivity index (χ0) is 12.3. The summed E-state index contributed by atoms with van der Waals surface area (Å²) in [6, 6.07) is 12.5. The summed E-state index contributed by atoms with van der Waals surface area (Å²) in [4.78, 5) is 0. The van der Waals surface area contributed by atoms with Crippen LogP contribution < -0.4 is 0 Å². The molecule has 0 unspecified atom stereocenters. The van der Waals surface area contributed by atoms with E-state index in [4.69, 9.17) is 23.2 Å². The van der Waals surface area contributed by atoms with Crippen LogP contribution in [0.2, 0.25) is 10.0 Å². The van der Waals surface area contributed by atoms with Gasteiger partial charge in [0.1, 0.15) is 5.75 Å². The van der Waals surface area contributed by atoms with Crippen LogP contribution in [0.5, 0.6) is 5.75 Å². The van der Waals surface area contributed by atoms with Crippen molar-refractivity contribution < 1.29 is 5.11 Å². The summed E-state index contributed by atoms with van der Waals surface area (Å²) in [5, 5.41) is 10.6. The highest BCUT2D eigenvalue weighted by Crippen LogP contribution is 2.24. The molecule has 0 spiro atoms. The van der Waals surface area contributed by atoms with Gasteiger partial charge in [-0.1, -0.05) is 59.6 Å². The first kappa shape index (κ1) is 12.0. The van der Waals surface area contributed by atoms with Gasteiger partial charge in [0, 0.05) is 5.56 Å². The van der Waals surface area contributed by atoms with Crippen LogP contribution in [0.25, 0.3) is 12.2 Å². The van der Waals surface area contributed by atoms with Crippen molar-refractivity contribution in [3.8, 4) is 5.75 Å². The first-order chi connectivity index (χ1) is 8.16. The summed E-state index contributed by atoms with van der Waals surface area (Å²) < 4.78 is 0. The normalized spacial score (nSPS) is 10.9. The van der Waals surface area contributed by atoms with Crippen molar-refractivity contribution in [3.63, 3.8) is 0 Å². The van der Waals surface area contributed by atoms with Crippen LogP contribution in [0.1, 0.15) is 11.1 Å². The SMILES string of the molecule is Oc1ccccc1/C=C/c1ccc(Cl)c(Cl)c1. The number of aromatic hydroxyl groups is 1. The Morgan fingerprint density at radius 3 is 2.35 bits per heavy atom. The second-order valence-electron chi connectivity index (χ2n) is 3.57. The summed E-state index contributed by atoms with van der Waals surface area (Å²) in [6.45, 7) is 0. The molecule has 2 aromatic carbocycles. The average molecular weight is 265 g/mol. The van der Waals surface area contributed by atoms with Gasteiger partial charge in [-0.05, 0) is 23.8 Å². The number of halogens is 2. The molecule has 3 heteroatoms. The Balaban J connectivity index is 2.26. The van der Waals surface area contributed by atoms with Gasteiger partial charge in [0.15, 0.2) is 0 Å². The Morgan fingerprint density at radius 1 is 0.882 bits per heavy atom. The molecule has 17 heavy (non-hydrogen) atoms. The molecule has 0 atom stereocenters. The number of para-hydroxylation sites is 1. The standard InChI is InChI=1S/C14H10Cl2O/c15-12-8-6-10(9-13(12)16)5-7-11-3-1-2-4-14(11)17/h1-9,17H/b7-5+. The molecular weight excluding hydrogens is 255 g/mol. The number of phenols is 1. The molecule has 0 aliphatic carbocycles. The van der Waals surface area contributed by atoms with E-state index >= 15 is 0 Å². The zero-order valence-electron chi connectivity index (χ0n) is 8.90. The van der Waals surface area contributed by atoms with Crippen molar-refractivity contribution in [1.29, 1.82) is 0 Å². The maximum atomic E-state index is 9.59. The first-order valence-electron chi connectivity index (χ1n) is 5.08. The van der Waals surface area contributed by atoms with E-state index in [1.807, 2.05) is 30.4 Å². The molecule has 0 aliphatic rings. The highest BCUT2D eigenvalue weighted by Gasteiger charge is 1.98. The Bertz CT molecular complexity index is 562. The fraction of sp³-hybridized carbons (Fsp3) is 0. The molecule has 0 saturated carbocycles. The highest BCUT2D eigenvalue weighted by molar-refractivity contribution is 6.42. The second-order valence-corrected chi connectivity index (χ2v) is 4.38. The van der Waals surface area contributed by atoms with Gasteiger partial charge in [0.05, 0.1) is 10.0 Å². The molecule has 0 bridgehead atoms. The fourth-order valence-corrected chi connectivity index (χ4v) is 1.74. The minimum Gasteiger partial charge on any atom is -0.507 e. The van der Waals surface area contributed by atoms with E-state index in [1.165, 1.54) is 0 Å². The summed E-state index contributed by atoms with van der Waals surface area (Å²) in [5.41, 5.74) is 1.70. The molecule has 0 aromatic heterocycles. The zero-order valence-corrected chi connectivity index (χ0v) is 10.4. The topological polar surface area (TPSA) is 20.2 Å². The highest BCUT2D eigenvalue weighted by atomic mass is 35.5. The smallest absolute Gasteiger partial charge is 0.122 e. The van der Waals surface area contributed by atoms with Gasteiger partial charge in [0.2, 0.25) is 0 Å². The van der Waals surface area contributed by atoms with Crippen LogP contribution in [0, 0.1) is 0 Å². The minimum atomic E-state index is 0.254. The lowest BCUT2D eigenvalue weighted by Crippen LogP contribution is -1.75. The van der Waals surface area contributed by atoms with E-state index in [-0.39, 0.29) is 5.75 Å². The molecule has 86 valence electrons. The maximum absolute atomic E-state index is 9.59. The molecule has 0 amide bonds. The second kappa shape index (κ2) is 5.26. The van der Waals surface area contributed by atoms with E-state index < -0.39 is 0 Å². The third kappa shape index (κ3) is 3.02. The van der Waals surface area contributed by atoms with Crippen molar-refractivity contribution in [1.82, 2.24) is 0 Å². The third-order valence-corrected chi connectivity index (χ3v) is 3.07.